The van der Waals surface area contributed by atoms with Crippen LogP contribution in [0.15, 0.2) is 29.2 Å². The summed E-state index contributed by atoms with van der Waals surface area (Å²) in [5.41, 5.74) is 6.69. The molecule has 1 unspecified atom stereocenters. The van der Waals surface area contributed by atoms with Crippen molar-refractivity contribution in [3.8, 4) is 0 Å². The van der Waals surface area contributed by atoms with Crippen LogP contribution < -0.4 is 10.5 Å². The molecular formula is C13H14ClN3O2S2. The molecule has 8 heteroatoms. The second kappa shape index (κ2) is 5.57. The molecule has 112 valence electrons. The van der Waals surface area contributed by atoms with Gasteiger partial charge in [0.25, 0.3) is 0 Å². The lowest BCUT2D eigenvalue weighted by atomic mass is 9.99. The third-order valence-electron chi connectivity index (χ3n) is 3.38. The number of nitrogens with two attached hydrogens (primary N) is 1. The molecule has 0 amide bonds. The number of benzene rings is 1. The number of nitrogen functional groups attached to an aromatic ring is 1. The topological polar surface area (TPSA) is 85.1 Å². The van der Waals surface area contributed by atoms with Gasteiger partial charge in [0.2, 0.25) is 10.0 Å². The highest BCUT2D eigenvalue weighted by molar-refractivity contribution is 7.89. The lowest BCUT2D eigenvalue weighted by Gasteiger charge is -2.22. The molecule has 1 atom stereocenters. The largest absolute Gasteiger partial charge is 0.375 e. The van der Waals surface area contributed by atoms with Crippen molar-refractivity contribution in [1.82, 2.24) is 9.71 Å². The first-order valence-corrected chi connectivity index (χ1v) is 9.14. The minimum Gasteiger partial charge on any atom is -0.375 e. The third-order valence-corrected chi connectivity index (χ3v) is 6.09. The highest BCUT2D eigenvalue weighted by Gasteiger charge is 2.26. The number of anilines is 1. The Morgan fingerprint density at radius 1 is 1.43 bits per heavy atom. The molecule has 0 aliphatic heterocycles. The van der Waals surface area contributed by atoms with E-state index in [1.54, 1.807) is 12.1 Å². The molecule has 3 rings (SSSR count). The summed E-state index contributed by atoms with van der Waals surface area (Å²) in [6, 6.07) is 6.12. The minimum absolute atomic E-state index is 0.138. The van der Waals surface area contributed by atoms with Gasteiger partial charge in [-0.05, 0) is 31.0 Å². The van der Waals surface area contributed by atoms with Crippen LogP contribution in [-0.4, -0.2) is 19.4 Å². The van der Waals surface area contributed by atoms with Crippen LogP contribution in [0.25, 0.3) is 0 Å². The maximum Gasteiger partial charge on any atom is 0.240 e. The summed E-state index contributed by atoms with van der Waals surface area (Å²) in [5.74, 6) is 0. The Morgan fingerprint density at radius 3 is 3.00 bits per heavy atom. The zero-order valence-electron chi connectivity index (χ0n) is 11.0. The van der Waals surface area contributed by atoms with E-state index in [0.29, 0.717) is 16.6 Å². The minimum atomic E-state index is -3.56. The molecule has 0 saturated heterocycles. The summed E-state index contributed by atoms with van der Waals surface area (Å²) in [4.78, 5) is 5.51. The molecule has 0 radical (unpaired) electrons. The Labute approximate surface area is 132 Å². The van der Waals surface area contributed by atoms with Crippen LogP contribution in [0.1, 0.15) is 17.0 Å². The second-order valence-electron chi connectivity index (χ2n) is 4.94. The van der Waals surface area contributed by atoms with E-state index in [0.717, 1.165) is 23.4 Å². The molecule has 0 bridgehead atoms. The van der Waals surface area contributed by atoms with Gasteiger partial charge >= 0.3 is 0 Å². The van der Waals surface area contributed by atoms with E-state index in [9.17, 15) is 8.42 Å². The third kappa shape index (κ3) is 3.21. The van der Waals surface area contributed by atoms with Gasteiger partial charge in [-0.15, -0.1) is 11.3 Å². The number of hydrogen-bond donors (Lipinski definition) is 2. The Hall–Kier alpha value is -1.15. The van der Waals surface area contributed by atoms with Crippen molar-refractivity contribution in [1.29, 1.82) is 0 Å². The predicted octanol–water partition coefficient (Wildman–Crippen LogP) is 2.21. The Morgan fingerprint density at radius 2 is 2.24 bits per heavy atom. The summed E-state index contributed by atoms with van der Waals surface area (Å²) < 4.78 is 27.5. The Balaban J connectivity index is 1.78. The molecule has 3 N–H and O–H groups in total. The number of rotatable bonds is 3. The number of nitrogens with zero attached hydrogens (tertiary/aromatic N) is 1. The van der Waals surface area contributed by atoms with Crippen molar-refractivity contribution in [2.75, 3.05) is 5.73 Å². The van der Waals surface area contributed by atoms with E-state index in [4.69, 9.17) is 17.3 Å². The first-order chi connectivity index (χ1) is 9.94. The van der Waals surface area contributed by atoms with Gasteiger partial charge in [-0.3, -0.25) is 0 Å². The van der Waals surface area contributed by atoms with Gasteiger partial charge in [0.15, 0.2) is 5.13 Å². The van der Waals surface area contributed by atoms with Crippen molar-refractivity contribution in [2.45, 2.75) is 30.2 Å². The molecule has 2 aromatic rings. The summed E-state index contributed by atoms with van der Waals surface area (Å²) in [7, 11) is -3.56. The number of thiazole rings is 1. The number of halogens is 1. The number of hydrogen-bond acceptors (Lipinski definition) is 5. The number of nitrogens with one attached hydrogen (secondary N) is 1. The zero-order chi connectivity index (χ0) is 15.0. The first kappa shape index (κ1) is 14.8. The number of aromatic nitrogens is 1. The maximum atomic E-state index is 12.4. The summed E-state index contributed by atoms with van der Waals surface area (Å²) in [6.45, 7) is 0. The molecule has 21 heavy (non-hydrogen) atoms. The molecule has 1 heterocycles. The first-order valence-electron chi connectivity index (χ1n) is 6.46. The summed E-state index contributed by atoms with van der Waals surface area (Å²) in [5, 5.41) is 0.942. The van der Waals surface area contributed by atoms with E-state index in [1.807, 2.05) is 0 Å². The quantitative estimate of drug-likeness (QED) is 0.894. The molecule has 5 nitrogen and oxygen atoms in total. The average Bonchev–Trinajstić information content (AvgIpc) is 2.77. The van der Waals surface area contributed by atoms with Crippen molar-refractivity contribution in [3.63, 3.8) is 0 Å². The second-order valence-corrected chi connectivity index (χ2v) is 8.21. The van der Waals surface area contributed by atoms with Crippen LogP contribution >= 0.6 is 22.9 Å². The highest BCUT2D eigenvalue weighted by Crippen LogP contribution is 2.28. The normalized spacial score (nSPS) is 18.4. The van der Waals surface area contributed by atoms with Crippen molar-refractivity contribution < 1.29 is 8.42 Å². The lowest BCUT2D eigenvalue weighted by molar-refractivity contribution is 0.508. The van der Waals surface area contributed by atoms with Gasteiger partial charge in [0, 0.05) is 22.4 Å². The molecule has 1 aliphatic rings. The van der Waals surface area contributed by atoms with Gasteiger partial charge in [-0.25, -0.2) is 18.1 Å². The van der Waals surface area contributed by atoms with E-state index < -0.39 is 10.0 Å². The zero-order valence-corrected chi connectivity index (χ0v) is 13.4. The van der Waals surface area contributed by atoms with Crippen molar-refractivity contribution in [2.24, 2.45) is 0 Å². The predicted molar refractivity (Wildman–Crippen MR) is 84.1 cm³/mol. The van der Waals surface area contributed by atoms with E-state index >= 15 is 0 Å². The summed E-state index contributed by atoms with van der Waals surface area (Å²) >= 11 is 7.28. The van der Waals surface area contributed by atoms with Crippen LogP contribution in [-0.2, 0) is 22.9 Å². The molecule has 1 aromatic carbocycles. The number of sulfonamides is 1. The molecular weight excluding hydrogens is 330 g/mol. The summed E-state index contributed by atoms with van der Waals surface area (Å²) in [6.07, 6.45) is 2.09. The number of aryl methyl sites for hydroxylation is 1. The monoisotopic (exact) mass is 343 g/mol. The smallest absolute Gasteiger partial charge is 0.240 e. The molecule has 1 aromatic heterocycles. The Bertz CT molecular complexity index is 773. The maximum absolute atomic E-state index is 12.4. The average molecular weight is 344 g/mol. The number of fused-ring (bicyclic) bond motifs is 1. The fraction of sp³-hybridized carbons (Fsp3) is 0.308. The fourth-order valence-electron chi connectivity index (χ4n) is 2.42. The Kier molecular flexibility index (Phi) is 3.92. The van der Waals surface area contributed by atoms with E-state index in [1.165, 1.54) is 23.5 Å². The van der Waals surface area contributed by atoms with Crippen molar-refractivity contribution in [3.05, 3.63) is 39.9 Å². The van der Waals surface area contributed by atoms with E-state index in [-0.39, 0.29) is 10.9 Å². The molecule has 0 spiro atoms. The molecule has 1 aliphatic carbocycles. The van der Waals surface area contributed by atoms with Crippen LogP contribution in [0.2, 0.25) is 5.02 Å². The van der Waals surface area contributed by atoms with Gasteiger partial charge in [0.05, 0.1) is 10.6 Å². The molecule has 0 fully saturated rings. The van der Waals surface area contributed by atoms with Gasteiger partial charge in [-0.1, -0.05) is 17.7 Å². The van der Waals surface area contributed by atoms with Crippen LogP contribution in [0.5, 0.6) is 0 Å². The van der Waals surface area contributed by atoms with Crippen LogP contribution in [0.3, 0.4) is 0 Å². The van der Waals surface area contributed by atoms with E-state index in [2.05, 4.69) is 9.71 Å². The highest BCUT2D eigenvalue weighted by atomic mass is 35.5. The van der Waals surface area contributed by atoms with Crippen LogP contribution in [0.4, 0.5) is 5.13 Å². The van der Waals surface area contributed by atoms with Crippen LogP contribution in [0, 0.1) is 0 Å². The lowest BCUT2D eigenvalue weighted by Crippen LogP contribution is -2.38. The SMILES string of the molecule is Nc1nc2c(s1)CC(NS(=O)(=O)c1cccc(Cl)c1)CC2. The van der Waals surface area contributed by atoms with Gasteiger partial charge < -0.3 is 5.73 Å². The van der Waals surface area contributed by atoms with Crippen molar-refractivity contribution >= 4 is 38.1 Å². The molecule has 0 saturated carbocycles. The fourth-order valence-corrected chi connectivity index (χ4v) is 4.95. The standard InChI is InChI=1S/C13H14ClN3O2S2/c14-8-2-1-3-10(6-8)21(18,19)17-9-4-5-11-12(7-9)20-13(15)16-11/h1-3,6,9,17H,4-5,7H2,(H2,15,16). The van der Waals surface area contributed by atoms with Gasteiger partial charge in [0.1, 0.15) is 0 Å². The van der Waals surface area contributed by atoms with Gasteiger partial charge in [-0.2, -0.15) is 0 Å².